The smallest absolute Gasteiger partial charge is 0.336 e. The topological polar surface area (TPSA) is 68.7 Å². The van der Waals surface area contributed by atoms with E-state index in [2.05, 4.69) is 6.08 Å². The lowest BCUT2D eigenvalue weighted by Gasteiger charge is -2.09. The third kappa shape index (κ3) is 2.24. The highest BCUT2D eigenvalue weighted by atomic mass is 16.7. The van der Waals surface area contributed by atoms with Crippen molar-refractivity contribution in [2.45, 2.75) is 12.8 Å². The molecule has 0 amide bonds. The minimum absolute atomic E-state index is 0.244. The molecule has 5 nitrogen and oxygen atoms in total. The van der Waals surface area contributed by atoms with Gasteiger partial charge in [0.1, 0.15) is 0 Å². The summed E-state index contributed by atoms with van der Waals surface area (Å²) in [6.07, 6.45) is 3.51. The number of carbonyl (C=O) groups is 1. The number of hydrogen-bond donors (Lipinski definition) is 1. The van der Waals surface area contributed by atoms with Crippen molar-refractivity contribution in [2.24, 2.45) is 0 Å². The van der Waals surface area contributed by atoms with Gasteiger partial charge in [-0.15, -0.1) is 0 Å². The minimum Gasteiger partial charge on any atom is -0.478 e. The normalized spacial score (nSPS) is 16.2. The highest BCUT2D eigenvalue weighted by Gasteiger charge is 2.26. The van der Waals surface area contributed by atoms with Crippen molar-refractivity contribution >= 4 is 28.5 Å². The number of para-hydroxylation sites is 1. The van der Waals surface area contributed by atoms with E-state index in [4.69, 9.17) is 14.5 Å². The summed E-state index contributed by atoms with van der Waals surface area (Å²) in [5.74, 6) is 0.579. The number of carboxylic acids is 1. The van der Waals surface area contributed by atoms with E-state index in [0.29, 0.717) is 22.9 Å². The minimum atomic E-state index is -0.899. The quantitative estimate of drug-likeness (QED) is 0.756. The van der Waals surface area contributed by atoms with Gasteiger partial charge < -0.3 is 14.6 Å². The number of aromatic nitrogens is 1. The van der Waals surface area contributed by atoms with Crippen LogP contribution >= 0.6 is 0 Å². The number of ether oxygens (including phenoxy) is 2. The Labute approximate surface area is 149 Å². The zero-order valence-electron chi connectivity index (χ0n) is 13.9. The van der Waals surface area contributed by atoms with Gasteiger partial charge in [-0.3, -0.25) is 0 Å². The Bertz CT molecular complexity index is 1100. The highest BCUT2D eigenvalue weighted by molar-refractivity contribution is 6.06. The third-order valence-corrected chi connectivity index (χ3v) is 4.89. The molecule has 0 atom stereocenters. The molecule has 5 heteroatoms. The van der Waals surface area contributed by atoms with Gasteiger partial charge in [0.25, 0.3) is 0 Å². The molecule has 1 N–H and O–H groups in total. The number of allylic oxidation sites excluding steroid dienone is 1. The Morgan fingerprint density at radius 3 is 2.81 bits per heavy atom. The van der Waals surface area contributed by atoms with Gasteiger partial charge in [-0.1, -0.05) is 24.3 Å². The molecule has 0 spiro atoms. The van der Waals surface area contributed by atoms with Crippen molar-refractivity contribution < 1.29 is 19.4 Å². The van der Waals surface area contributed by atoms with Crippen molar-refractivity contribution in [2.75, 3.05) is 6.79 Å². The first-order valence-electron chi connectivity index (χ1n) is 8.46. The van der Waals surface area contributed by atoms with Crippen molar-refractivity contribution in [3.8, 4) is 11.5 Å². The van der Waals surface area contributed by atoms with E-state index in [1.165, 1.54) is 0 Å². The average Bonchev–Trinajstić information content (AvgIpc) is 3.26. The van der Waals surface area contributed by atoms with E-state index in [1.54, 1.807) is 0 Å². The number of carboxylic acid groups (broad SMARTS) is 1. The molecule has 0 fully saturated rings. The number of nitrogens with zero attached hydrogens (tertiary/aromatic N) is 1. The largest absolute Gasteiger partial charge is 0.478 e. The zero-order chi connectivity index (χ0) is 17.7. The van der Waals surface area contributed by atoms with Crippen LogP contribution in [0.2, 0.25) is 0 Å². The van der Waals surface area contributed by atoms with Crippen LogP contribution in [0.25, 0.3) is 22.6 Å². The Kier molecular flexibility index (Phi) is 3.22. The van der Waals surface area contributed by atoms with E-state index < -0.39 is 5.97 Å². The van der Waals surface area contributed by atoms with E-state index in [-0.39, 0.29) is 6.79 Å². The van der Waals surface area contributed by atoms with Crippen molar-refractivity contribution in [3.63, 3.8) is 0 Å². The highest BCUT2D eigenvalue weighted by Crippen LogP contribution is 2.39. The summed E-state index contributed by atoms with van der Waals surface area (Å²) in [7, 11) is 0. The molecule has 0 radical (unpaired) electrons. The molecule has 0 saturated heterocycles. The summed E-state index contributed by atoms with van der Waals surface area (Å²) >= 11 is 0. The summed E-state index contributed by atoms with van der Waals surface area (Å²) in [6.45, 7) is 0.244. The first kappa shape index (κ1) is 15.0. The Balaban J connectivity index is 1.67. The number of benzene rings is 2. The zero-order valence-corrected chi connectivity index (χ0v) is 13.9. The molecule has 128 valence electrons. The van der Waals surface area contributed by atoms with Crippen LogP contribution in [0, 0.1) is 0 Å². The van der Waals surface area contributed by atoms with Crippen LogP contribution in [0.15, 0.2) is 42.5 Å². The van der Waals surface area contributed by atoms with Crippen LogP contribution in [0.1, 0.15) is 33.6 Å². The molecule has 2 aromatic carbocycles. The number of fused-ring (bicyclic) bond motifs is 3. The lowest BCUT2D eigenvalue weighted by molar-refractivity contribution is 0.0698. The molecule has 0 saturated carbocycles. The number of aromatic carboxylic acids is 1. The summed E-state index contributed by atoms with van der Waals surface area (Å²) < 4.78 is 10.8. The van der Waals surface area contributed by atoms with Gasteiger partial charge in [0, 0.05) is 5.39 Å². The molecule has 1 aliphatic carbocycles. The molecule has 5 rings (SSSR count). The molecule has 0 unspecified atom stereocenters. The summed E-state index contributed by atoms with van der Waals surface area (Å²) in [4.78, 5) is 16.7. The number of hydrogen-bond acceptors (Lipinski definition) is 4. The lowest BCUT2D eigenvalue weighted by atomic mass is 10.0. The monoisotopic (exact) mass is 345 g/mol. The second kappa shape index (κ2) is 5.59. The Morgan fingerprint density at radius 1 is 1.08 bits per heavy atom. The molecule has 1 aliphatic heterocycles. The van der Waals surface area contributed by atoms with Gasteiger partial charge in [0.15, 0.2) is 11.5 Å². The molecular weight excluding hydrogens is 330 g/mol. The van der Waals surface area contributed by atoms with Crippen molar-refractivity contribution in [1.29, 1.82) is 0 Å². The van der Waals surface area contributed by atoms with Gasteiger partial charge in [0.05, 0.1) is 16.8 Å². The van der Waals surface area contributed by atoms with Gasteiger partial charge in [-0.25, -0.2) is 9.78 Å². The summed E-state index contributed by atoms with van der Waals surface area (Å²) in [6, 6.07) is 13.2. The first-order valence-corrected chi connectivity index (χ1v) is 8.46. The van der Waals surface area contributed by atoms with E-state index in [0.717, 1.165) is 40.3 Å². The fourth-order valence-electron chi connectivity index (χ4n) is 3.73. The standard InChI is InChI=1S/C21H15NO4/c23-21(24)19-14-3-1-2-4-16(14)22-20-13(6-7-15(19)20)9-12-5-8-17-18(10-12)26-11-25-17/h1-5,8-10H,6-7,11H2,(H,23,24)/b13-9+. The van der Waals surface area contributed by atoms with Crippen molar-refractivity contribution in [3.05, 3.63) is 64.8 Å². The molecule has 3 aromatic rings. The second-order valence-electron chi connectivity index (χ2n) is 6.42. The van der Waals surface area contributed by atoms with Gasteiger partial charge in [-0.2, -0.15) is 0 Å². The third-order valence-electron chi connectivity index (χ3n) is 4.89. The first-order chi connectivity index (χ1) is 12.7. The molecule has 1 aromatic heterocycles. The van der Waals surface area contributed by atoms with E-state index in [1.807, 2.05) is 42.5 Å². The van der Waals surface area contributed by atoms with Gasteiger partial charge in [-0.05, 0) is 53.8 Å². The molecule has 0 bridgehead atoms. The molecule has 2 aliphatic rings. The Hall–Kier alpha value is -3.34. The predicted molar refractivity (Wildman–Crippen MR) is 97.5 cm³/mol. The fraction of sp³-hybridized carbons (Fsp3) is 0.143. The van der Waals surface area contributed by atoms with Crippen LogP contribution in [-0.2, 0) is 6.42 Å². The van der Waals surface area contributed by atoms with Crippen LogP contribution in [0.3, 0.4) is 0 Å². The van der Waals surface area contributed by atoms with Crippen LogP contribution < -0.4 is 9.47 Å². The maximum atomic E-state index is 11.9. The summed E-state index contributed by atoms with van der Waals surface area (Å²) in [5.41, 5.74) is 4.74. The maximum Gasteiger partial charge on any atom is 0.336 e. The maximum absolute atomic E-state index is 11.9. The lowest BCUT2D eigenvalue weighted by Crippen LogP contribution is -2.05. The predicted octanol–water partition coefficient (Wildman–Crippen LogP) is 4.15. The molecular formula is C21H15NO4. The van der Waals surface area contributed by atoms with Crippen molar-refractivity contribution in [1.82, 2.24) is 4.98 Å². The second-order valence-corrected chi connectivity index (χ2v) is 6.42. The van der Waals surface area contributed by atoms with Crippen LogP contribution in [0.5, 0.6) is 11.5 Å². The number of rotatable bonds is 2. The van der Waals surface area contributed by atoms with Gasteiger partial charge in [0.2, 0.25) is 6.79 Å². The number of pyridine rings is 1. The average molecular weight is 345 g/mol. The van der Waals surface area contributed by atoms with Gasteiger partial charge >= 0.3 is 5.97 Å². The fourth-order valence-corrected chi connectivity index (χ4v) is 3.73. The van der Waals surface area contributed by atoms with E-state index in [9.17, 15) is 9.90 Å². The Morgan fingerprint density at radius 2 is 1.92 bits per heavy atom. The molecule has 2 heterocycles. The summed E-state index contributed by atoms with van der Waals surface area (Å²) in [5, 5.41) is 10.4. The molecule has 26 heavy (non-hydrogen) atoms. The van der Waals surface area contributed by atoms with Crippen LogP contribution in [0.4, 0.5) is 0 Å². The van der Waals surface area contributed by atoms with Crippen LogP contribution in [-0.4, -0.2) is 22.9 Å². The van der Waals surface area contributed by atoms with E-state index >= 15 is 0 Å². The SMILES string of the molecule is O=C(O)c1c2c(nc3ccccc13)/C(=C/c1ccc3c(c1)OCO3)CC2.